The van der Waals surface area contributed by atoms with Gasteiger partial charge in [-0.2, -0.15) is 0 Å². The molecule has 0 spiro atoms. The Hall–Kier alpha value is -1.57. The fourth-order valence-electron chi connectivity index (χ4n) is 3.27. The van der Waals surface area contributed by atoms with Crippen LogP contribution in [0.1, 0.15) is 30.7 Å². The largest absolute Gasteiger partial charge is 0.378 e. The normalized spacial score (nSPS) is 21.9. The van der Waals surface area contributed by atoms with Gasteiger partial charge < -0.3 is 10.2 Å². The third kappa shape index (κ3) is 3.22. The van der Waals surface area contributed by atoms with Crippen molar-refractivity contribution in [2.75, 3.05) is 25.5 Å². The van der Waals surface area contributed by atoms with Gasteiger partial charge in [0.1, 0.15) is 6.17 Å². The molecule has 2 heterocycles. The summed E-state index contributed by atoms with van der Waals surface area (Å²) in [5.41, 5.74) is 2.35. The van der Waals surface area contributed by atoms with Crippen molar-refractivity contribution in [2.24, 2.45) is 0 Å². The Morgan fingerprint density at radius 3 is 2.96 bits per heavy atom. The molecule has 0 radical (unpaired) electrons. The Kier molecular flexibility index (Phi) is 4.89. The molecule has 3 rings (SSSR count). The number of benzene rings is 1. The number of hydrogen-bond donors (Lipinski definition) is 1. The lowest BCUT2D eigenvalue weighted by molar-refractivity contribution is 0.149. The van der Waals surface area contributed by atoms with Gasteiger partial charge in [-0.3, -0.25) is 0 Å². The second kappa shape index (κ2) is 6.90. The number of nitrogens with zero attached hydrogens (tertiary/aromatic N) is 1. The molecule has 1 aromatic carbocycles. The van der Waals surface area contributed by atoms with Crippen molar-refractivity contribution in [3.63, 3.8) is 0 Å². The summed E-state index contributed by atoms with van der Waals surface area (Å²) in [7, 11) is 1.98. The minimum atomic E-state index is -0.829. The molecule has 2 atom stereocenters. The Labute approximate surface area is 141 Å². The van der Waals surface area contributed by atoms with Crippen LogP contribution in [-0.4, -0.2) is 37.3 Å². The first-order chi connectivity index (χ1) is 11.1. The Morgan fingerprint density at radius 1 is 1.43 bits per heavy atom. The van der Waals surface area contributed by atoms with Crippen molar-refractivity contribution in [3.8, 4) is 11.8 Å². The van der Waals surface area contributed by atoms with Crippen molar-refractivity contribution in [3.05, 3.63) is 28.6 Å². The van der Waals surface area contributed by atoms with E-state index in [2.05, 4.69) is 47.2 Å². The number of aryl methyl sites for hydroxylation is 1. The predicted octanol–water partition coefficient (Wildman–Crippen LogP) is 4.29. The molecule has 0 amide bonds. The van der Waals surface area contributed by atoms with Gasteiger partial charge in [-0.15, -0.1) is 17.3 Å². The maximum Gasteiger partial charge on any atom is 0.133 e. The van der Waals surface area contributed by atoms with Crippen LogP contribution >= 0.6 is 11.3 Å². The summed E-state index contributed by atoms with van der Waals surface area (Å²) < 4.78 is 15.5. The van der Waals surface area contributed by atoms with Gasteiger partial charge in [0, 0.05) is 13.1 Å². The molecule has 0 saturated carbocycles. The number of piperidine rings is 1. The lowest BCUT2D eigenvalue weighted by Crippen LogP contribution is -2.46. The molecular formula is C19H23FN2S. The van der Waals surface area contributed by atoms with Crippen molar-refractivity contribution in [1.82, 2.24) is 4.90 Å². The summed E-state index contributed by atoms with van der Waals surface area (Å²) in [5, 5.41) is 4.71. The molecule has 0 bridgehead atoms. The molecule has 4 heteroatoms. The molecule has 1 saturated heterocycles. The quantitative estimate of drug-likeness (QED) is 0.845. The topological polar surface area (TPSA) is 15.3 Å². The highest BCUT2D eigenvalue weighted by atomic mass is 32.1. The molecule has 122 valence electrons. The highest BCUT2D eigenvalue weighted by Gasteiger charge is 2.28. The average Bonchev–Trinajstić information content (AvgIpc) is 2.88. The lowest BCUT2D eigenvalue weighted by atomic mass is 10.0. The zero-order chi connectivity index (χ0) is 16.4. The van der Waals surface area contributed by atoms with Crippen LogP contribution in [0.2, 0.25) is 0 Å². The van der Waals surface area contributed by atoms with Crippen LogP contribution in [0.5, 0.6) is 0 Å². The monoisotopic (exact) mass is 330 g/mol. The van der Waals surface area contributed by atoms with Gasteiger partial charge in [-0.25, -0.2) is 4.39 Å². The van der Waals surface area contributed by atoms with E-state index in [-0.39, 0.29) is 6.04 Å². The average molecular weight is 330 g/mol. The second-order valence-electron chi connectivity index (χ2n) is 6.14. The van der Waals surface area contributed by atoms with Crippen molar-refractivity contribution < 1.29 is 4.39 Å². The second-order valence-corrected chi connectivity index (χ2v) is 7.16. The van der Waals surface area contributed by atoms with Crippen LogP contribution in [0.25, 0.3) is 10.1 Å². The molecule has 2 aromatic rings. The maximum atomic E-state index is 14.3. The summed E-state index contributed by atoms with van der Waals surface area (Å²) >= 11 is 1.72. The third-order valence-electron chi connectivity index (χ3n) is 4.50. The number of nitrogens with one attached hydrogen (secondary N) is 1. The maximum absolute atomic E-state index is 14.3. The van der Waals surface area contributed by atoms with E-state index >= 15 is 0 Å². The number of rotatable bonds is 3. The molecule has 1 aromatic heterocycles. The minimum absolute atomic E-state index is 0.107. The van der Waals surface area contributed by atoms with E-state index in [9.17, 15) is 4.39 Å². The van der Waals surface area contributed by atoms with Crippen LogP contribution < -0.4 is 5.32 Å². The van der Waals surface area contributed by atoms with Gasteiger partial charge in [0.15, 0.2) is 0 Å². The Bertz CT molecular complexity index is 756. The van der Waals surface area contributed by atoms with Crippen molar-refractivity contribution >= 4 is 27.1 Å². The molecule has 23 heavy (non-hydrogen) atoms. The van der Waals surface area contributed by atoms with Crippen LogP contribution in [0, 0.1) is 11.8 Å². The van der Waals surface area contributed by atoms with Gasteiger partial charge in [0.25, 0.3) is 0 Å². The number of alkyl halides is 1. The first kappa shape index (κ1) is 16.3. The number of likely N-dealkylation sites (tertiary alicyclic amines) is 1. The summed E-state index contributed by atoms with van der Waals surface area (Å²) in [4.78, 5) is 3.19. The summed E-state index contributed by atoms with van der Waals surface area (Å²) in [6.45, 7) is 5.47. The first-order valence-electron chi connectivity index (χ1n) is 8.20. The minimum Gasteiger partial charge on any atom is -0.378 e. The van der Waals surface area contributed by atoms with E-state index in [0.29, 0.717) is 6.54 Å². The molecule has 0 aliphatic carbocycles. The van der Waals surface area contributed by atoms with Crippen LogP contribution in [0.15, 0.2) is 18.2 Å². The van der Waals surface area contributed by atoms with E-state index in [0.717, 1.165) is 30.0 Å². The van der Waals surface area contributed by atoms with Gasteiger partial charge in [0.05, 0.1) is 21.3 Å². The predicted molar refractivity (Wildman–Crippen MR) is 98.2 cm³/mol. The van der Waals surface area contributed by atoms with E-state index in [1.54, 1.807) is 11.3 Å². The summed E-state index contributed by atoms with van der Waals surface area (Å²) in [6, 6.07) is 6.16. The zero-order valence-corrected chi connectivity index (χ0v) is 14.8. The van der Waals surface area contributed by atoms with E-state index < -0.39 is 6.17 Å². The molecule has 1 N–H and O–H groups in total. The standard InChI is InChI=1S/C19H23FN2S/c1-4-7-18-13(5-2)14-8-6-9-17(19(14)23-18)21-16-10-11-22(3)12-15(16)20/h6,8-9,15-16,21H,5,10-12H2,1-3H3/t15-,16+/m1/s1. The van der Waals surface area contributed by atoms with Crippen LogP contribution in [-0.2, 0) is 6.42 Å². The summed E-state index contributed by atoms with van der Waals surface area (Å²) in [6.07, 6.45) is 0.972. The Morgan fingerprint density at radius 2 is 2.26 bits per heavy atom. The summed E-state index contributed by atoms with van der Waals surface area (Å²) in [5.74, 6) is 6.23. The van der Waals surface area contributed by atoms with Crippen molar-refractivity contribution in [1.29, 1.82) is 0 Å². The van der Waals surface area contributed by atoms with Gasteiger partial charge >= 0.3 is 0 Å². The SMILES string of the molecule is CC#Cc1sc2c(N[C@H]3CCN(C)C[C@H]3F)cccc2c1CC. The number of halogens is 1. The highest BCUT2D eigenvalue weighted by molar-refractivity contribution is 7.20. The highest BCUT2D eigenvalue weighted by Crippen LogP contribution is 2.37. The number of hydrogen-bond acceptors (Lipinski definition) is 3. The molecule has 1 aliphatic rings. The number of anilines is 1. The van der Waals surface area contributed by atoms with Gasteiger partial charge in [-0.05, 0) is 43.8 Å². The van der Waals surface area contributed by atoms with Gasteiger partial charge in [0.2, 0.25) is 0 Å². The number of thiophene rings is 1. The van der Waals surface area contributed by atoms with E-state index in [4.69, 9.17) is 0 Å². The molecule has 1 aliphatic heterocycles. The third-order valence-corrected chi connectivity index (χ3v) is 5.69. The van der Waals surface area contributed by atoms with E-state index in [1.807, 2.05) is 14.0 Å². The van der Waals surface area contributed by atoms with Crippen LogP contribution in [0.4, 0.5) is 10.1 Å². The fraction of sp³-hybridized carbons (Fsp3) is 0.474. The molecule has 0 unspecified atom stereocenters. The zero-order valence-electron chi connectivity index (χ0n) is 13.9. The molecular weight excluding hydrogens is 307 g/mol. The van der Waals surface area contributed by atoms with Crippen molar-refractivity contribution in [2.45, 2.75) is 38.9 Å². The lowest BCUT2D eigenvalue weighted by Gasteiger charge is -2.33. The Balaban J connectivity index is 1.96. The molecule has 1 fully saturated rings. The van der Waals surface area contributed by atoms with Crippen LogP contribution in [0.3, 0.4) is 0 Å². The van der Waals surface area contributed by atoms with Gasteiger partial charge in [-0.1, -0.05) is 25.0 Å². The number of fused-ring (bicyclic) bond motifs is 1. The molecule has 2 nitrogen and oxygen atoms in total. The fourth-order valence-corrected chi connectivity index (χ4v) is 4.54. The van der Waals surface area contributed by atoms with E-state index in [1.165, 1.54) is 15.6 Å². The smallest absolute Gasteiger partial charge is 0.133 e. The first-order valence-corrected chi connectivity index (χ1v) is 9.02.